The number of ether oxygens (including phenoxy) is 2. The zero-order valence-corrected chi connectivity index (χ0v) is 15.0. The van der Waals surface area contributed by atoms with E-state index in [9.17, 15) is 13.2 Å². The molecule has 0 aliphatic carbocycles. The lowest BCUT2D eigenvalue weighted by Gasteiger charge is -2.12. The average Bonchev–Trinajstić information content (AvgIpc) is 3.07. The van der Waals surface area contributed by atoms with Crippen molar-refractivity contribution in [2.75, 3.05) is 18.7 Å². The molecule has 9 heteroatoms. The zero-order valence-electron chi connectivity index (χ0n) is 14.1. The Bertz CT molecular complexity index is 912. The smallest absolute Gasteiger partial charge is 0.279 e. The Morgan fingerprint density at radius 3 is 2.58 bits per heavy atom. The monoisotopic (exact) mass is 378 g/mol. The number of rotatable bonds is 6. The van der Waals surface area contributed by atoms with E-state index in [0.717, 1.165) is 5.56 Å². The molecule has 0 unspecified atom stereocenters. The highest BCUT2D eigenvalue weighted by atomic mass is 32.2. The van der Waals surface area contributed by atoms with E-state index in [4.69, 9.17) is 14.6 Å². The number of amides is 1. The van der Waals surface area contributed by atoms with Crippen LogP contribution in [-0.4, -0.2) is 27.7 Å². The van der Waals surface area contributed by atoms with Crippen molar-refractivity contribution in [1.29, 1.82) is 0 Å². The number of nitrogens with one attached hydrogen (secondary N) is 1. The molecule has 1 amide bonds. The molecule has 0 spiro atoms. The summed E-state index contributed by atoms with van der Waals surface area (Å²) in [6, 6.07) is 11.5. The molecule has 0 fully saturated rings. The highest BCUT2D eigenvalue weighted by Crippen LogP contribution is 2.34. The molecule has 5 N–H and O–H groups in total. The van der Waals surface area contributed by atoms with Gasteiger partial charge in [-0.15, -0.1) is 0 Å². The molecule has 0 saturated heterocycles. The number of anilines is 1. The van der Waals surface area contributed by atoms with Gasteiger partial charge in [-0.25, -0.2) is 13.6 Å². The molecule has 2 aromatic rings. The lowest BCUT2D eigenvalue weighted by Crippen LogP contribution is -2.86. The van der Waals surface area contributed by atoms with Crippen LogP contribution in [0.2, 0.25) is 0 Å². The first-order chi connectivity index (χ1) is 12.3. The first-order valence-electron chi connectivity index (χ1n) is 7.98. The fourth-order valence-electron chi connectivity index (χ4n) is 2.57. The van der Waals surface area contributed by atoms with Crippen LogP contribution in [0.3, 0.4) is 0 Å². The molecule has 1 aliphatic heterocycles. The molecule has 138 valence electrons. The van der Waals surface area contributed by atoms with Crippen molar-refractivity contribution in [1.82, 2.24) is 0 Å². The predicted molar refractivity (Wildman–Crippen MR) is 94.2 cm³/mol. The SMILES string of the molecule is C[C@@H]([NH2+]CC(=O)Nc1ccc2c(c1)OCO2)c1ccc(S(N)(=O)=O)cc1. The van der Waals surface area contributed by atoms with Crippen LogP contribution in [0, 0.1) is 0 Å². The minimum absolute atomic E-state index is 0.0213. The standard InChI is InChI=1S/C17H19N3O5S/c1-11(12-2-5-14(6-3-12)26(18,22)23)19-9-17(21)20-13-4-7-15-16(8-13)25-10-24-15/h2-8,11,19H,9-10H2,1H3,(H,20,21)(H2,18,22,23)/p+1/t11-/m1/s1. The maximum Gasteiger partial charge on any atom is 0.279 e. The van der Waals surface area contributed by atoms with Gasteiger partial charge in [-0.05, 0) is 31.2 Å². The molecule has 2 aromatic carbocycles. The maximum absolute atomic E-state index is 12.1. The van der Waals surface area contributed by atoms with Gasteiger partial charge in [-0.2, -0.15) is 0 Å². The minimum atomic E-state index is -3.70. The van der Waals surface area contributed by atoms with E-state index in [1.165, 1.54) is 12.1 Å². The van der Waals surface area contributed by atoms with Gasteiger partial charge in [0.05, 0.1) is 4.90 Å². The molecule has 8 nitrogen and oxygen atoms in total. The van der Waals surface area contributed by atoms with E-state index in [2.05, 4.69) is 5.32 Å². The molecule has 1 heterocycles. The van der Waals surface area contributed by atoms with E-state index >= 15 is 0 Å². The summed E-state index contributed by atoms with van der Waals surface area (Å²) >= 11 is 0. The third-order valence-corrected chi connectivity index (χ3v) is 4.98. The Morgan fingerprint density at radius 1 is 1.19 bits per heavy atom. The van der Waals surface area contributed by atoms with Gasteiger partial charge in [0.15, 0.2) is 18.0 Å². The Morgan fingerprint density at radius 2 is 1.88 bits per heavy atom. The summed E-state index contributed by atoms with van der Waals surface area (Å²) in [5, 5.41) is 9.74. The fraction of sp³-hybridized carbons (Fsp3) is 0.235. The number of carbonyl (C=O) groups excluding carboxylic acids is 1. The Hall–Kier alpha value is -2.62. The summed E-state index contributed by atoms with van der Waals surface area (Å²) < 4.78 is 33.1. The predicted octanol–water partition coefficient (Wildman–Crippen LogP) is 0.326. The molecular formula is C17H20N3O5S+. The van der Waals surface area contributed by atoms with Gasteiger partial charge in [0.1, 0.15) is 6.04 Å². The summed E-state index contributed by atoms with van der Waals surface area (Å²) in [6.45, 7) is 2.33. The van der Waals surface area contributed by atoms with E-state index in [0.29, 0.717) is 17.2 Å². The van der Waals surface area contributed by atoms with Crippen molar-refractivity contribution in [3.05, 3.63) is 48.0 Å². The van der Waals surface area contributed by atoms with Crippen LogP contribution in [0.4, 0.5) is 5.69 Å². The highest BCUT2D eigenvalue weighted by Gasteiger charge is 2.16. The third-order valence-electron chi connectivity index (χ3n) is 4.05. The average molecular weight is 378 g/mol. The molecule has 0 saturated carbocycles. The summed E-state index contributed by atoms with van der Waals surface area (Å²) in [5.41, 5.74) is 1.53. The topological polar surface area (TPSA) is 124 Å². The number of quaternary nitrogens is 1. The van der Waals surface area contributed by atoms with Crippen molar-refractivity contribution in [3.63, 3.8) is 0 Å². The summed E-state index contributed by atoms with van der Waals surface area (Å²) in [7, 11) is -3.70. The van der Waals surface area contributed by atoms with Gasteiger partial charge in [0.25, 0.3) is 5.91 Å². The normalized spacial score (nSPS) is 14.1. The molecule has 3 rings (SSSR count). The number of carbonyl (C=O) groups is 1. The minimum Gasteiger partial charge on any atom is -0.454 e. The summed E-state index contributed by atoms with van der Waals surface area (Å²) in [5.74, 6) is 1.11. The highest BCUT2D eigenvalue weighted by molar-refractivity contribution is 7.89. The molecular weight excluding hydrogens is 358 g/mol. The van der Waals surface area contributed by atoms with E-state index in [1.807, 2.05) is 12.2 Å². The van der Waals surface area contributed by atoms with E-state index in [-0.39, 0.29) is 30.2 Å². The van der Waals surface area contributed by atoms with E-state index in [1.54, 1.807) is 30.3 Å². The molecule has 0 radical (unpaired) electrons. The van der Waals surface area contributed by atoms with Crippen LogP contribution in [-0.2, 0) is 14.8 Å². The van der Waals surface area contributed by atoms with Gasteiger partial charge < -0.3 is 20.1 Å². The lowest BCUT2D eigenvalue weighted by molar-refractivity contribution is -0.682. The van der Waals surface area contributed by atoms with Gasteiger partial charge >= 0.3 is 0 Å². The molecule has 1 atom stereocenters. The third kappa shape index (κ3) is 4.31. The number of hydrogen-bond acceptors (Lipinski definition) is 5. The Balaban J connectivity index is 1.54. The van der Waals surface area contributed by atoms with Crippen LogP contribution >= 0.6 is 0 Å². The van der Waals surface area contributed by atoms with Gasteiger partial charge in [0, 0.05) is 17.3 Å². The number of hydrogen-bond donors (Lipinski definition) is 3. The number of nitrogens with two attached hydrogens (primary N) is 2. The quantitative estimate of drug-likeness (QED) is 0.668. The number of benzene rings is 2. The summed E-state index contributed by atoms with van der Waals surface area (Å²) in [6.07, 6.45) is 0. The lowest BCUT2D eigenvalue weighted by atomic mass is 10.1. The van der Waals surface area contributed by atoms with Crippen molar-refractivity contribution in [3.8, 4) is 11.5 Å². The van der Waals surface area contributed by atoms with Crippen molar-refractivity contribution >= 4 is 21.6 Å². The number of primary sulfonamides is 1. The summed E-state index contributed by atoms with van der Waals surface area (Å²) in [4.78, 5) is 12.2. The maximum atomic E-state index is 12.1. The van der Waals surface area contributed by atoms with Gasteiger partial charge in [-0.1, -0.05) is 12.1 Å². The zero-order chi connectivity index (χ0) is 18.7. The molecule has 0 aromatic heterocycles. The van der Waals surface area contributed by atoms with Crippen LogP contribution in [0.25, 0.3) is 0 Å². The molecule has 0 bridgehead atoms. The van der Waals surface area contributed by atoms with Crippen molar-refractivity contribution in [2.45, 2.75) is 17.9 Å². The number of sulfonamides is 1. The van der Waals surface area contributed by atoms with Crippen LogP contribution < -0.4 is 25.2 Å². The van der Waals surface area contributed by atoms with Crippen LogP contribution in [0.1, 0.15) is 18.5 Å². The molecule has 26 heavy (non-hydrogen) atoms. The Kier molecular flexibility index (Phi) is 5.12. The first-order valence-corrected chi connectivity index (χ1v) is 9.53. The van der Waals surface area contributed by atoms with E-state index < -0.39 is 10.0 Å². The van der Waals surface area contributed by atoms with Crippen molar-refractivity contribution in [2.24, 2.45) is 5.14 Å². The Labute approximate surface area is 151 Å². The van der Waals surface area contributed by atoms with Gasteiger partial charge in [0.2, 0.25) is 16.8 Å². The van der Waals surface area contributed by atoms with Crippen LogP contribution in [0.15, 0.2) is 47.4 Å². The fourth-order valence-corrected chi connectivity index (χ4v) is 3.08. The van der Waals surface area contributed by atoms with Gasteiger partial charge in [-0.3, -0.25) is 4.79 Å². The first kappa shape index (κ1) is 18.2. The second-order valence-electron chi connectivity index (χ2n) is 5.96. The largest absolute Gasteiger partial charge is 0.454 e. The second-order valence-corrected chi connectivity index (χ2v) is 7.52. The van der Waals surface area contributed by atoms with Crippen molar-refractivity contribution < 1.29 is 28.0 Å². The second kappa shape index (κ2) is 7.32. The number of fused-ring (bicyclic) bond motifs is 1. The van der Waals surface area contributed by atoms with Crippen LogP contribution in [0.5, 0.6) is 11.5 Å². The molecule has 1 aliphatic rings.